The van der Waals surface area contributed by atoms with Crippen molar-refractivity contribution in [2.24, 2.45) is 0 Å². The molecule has 33 heavy (non-hydrogen) atoms. The number of aliphatic hydroxyl groups is 2. The molecular weight excluding hydrogens is 444 g/mol. The number of anilines is 1. The van der Waals surface area contributed by atoms with Crippen LogP contribution in [0.4, 0.5) is 5.00 Å². The van der Waals surface area contributed by atoms with Gasteiger partial charge in [0.1, 0.15) is 0 Å². The minimum absolute atomic E-state index is 0.199. The molecule has 0 bridgehead atoms. The number of benzene rings is 1. The summed E-state index contributed by atoms with van der Waals surface area (Å²) in [5.41, 5.74) is 1.26. The van der Waals surface area contributed by atoms with E-state index in [0.717, 1.165) is 12.1 Å². The molecule has 2 heterocycles. The van der Waals surface area contributed by atoms with Gasteiger partial charge < -0.3 is 30.6 Å². The number of aliphatic hydroxyl groups excluding tert-OH is 2. The molecule has 178 valence electrons. The van der Waals surface area contributed by atoms with Crippen LogP contribution in [-0.2, 0) is 9.59 Å². The molecule has 10 heteroatoms. The smallest absolute Gasteiger partial charge is 0.257 e. The molecule has 1 aromatic carbocycles. The van der Waals surface area contributed by atoms with Crippen LogP contribution in [0.5, 0.6) is 0 Å². The average molecular weight is 475 g/mol. The first-order valence-corrected chi connectivity index (χ1v) is 11.7. The lowest BCUT2D eigenvalue weighted by Gasteiger charge is -2.28. The maximum absolute atomic E-state index is 13.0. The van der Waals surface area contributed by atoms with E-state index >= 15 is 0 Å². The fourth-order valence-electron chi connectivity index (χ4n) is 3.75. The third-order valence-corrected chi connectivity index (χ3v) is 6.29. The number of likely N-dealkylation sites (N-methyl/N-ethyl adjacent to an activating group) is 1. The van der Waals surface area contributed by atoms with E-state index in [9.17, 15) is 24.6 Å². The summed E-state index contributed by atoms with van der Waals surface area (Å²) in [6.45, 7) is 1.62. The number of carbonyl (C=O) groups excluding carboxylic acids is 3. The molecule has 2 aromatic rings. The van der Waals surface area contributed by atoms with E-state index in [4.69, 9.17) is 0 Å². The Labute approximate surface area is 197 Å². The Morgan fingerprint density at radius 3 is 2.67 bits per heavy atom. The van der Waals surface area contributed by atoms with Gasteiger partial charge in [-0.2, -0.15) is 0 Å². The van der Waals surface area contributed by atoms with Crippen molar-refractivity contribution in [2.45, 2.75) is 31.1 Å². The molecule has 0 aliphatic carbocycles. The van der Waals surface area contributed by atoms with E-state index in [1.165, 1.54) is 16.2 Å². The highest BCUT2D eigenvalue weighted by molar-refractivity contribution is 7.14. The van der Waals surface area contributed by atoms with Crippen LogP contribution < -0.4 is 10.6 Å². The van der Waals surface area contributed by atoms with E-state index < -0.39 is 24.0 Å². The van der Waals surface area contributed by atoms with Gasteiger partial charge in [0.15, 0.2) is 12.2 Å². The summed E-state index contributed by atoms with van der Waals surface area (Å²) in [7, 11) is 3.85. The van der Waals surface area contributed by atoms with Crippen LogP contribution in [0.1, 0.15) is 34.8 Å². The largest absolute Gasteiger partial charge is 0.380 e. The molecule has 0 spiro atoms. The van der Waals surface area contributed by atoms with E-state index in [2.05, 4.69) is 10.6 Å². The van der Waals surface area contributed by atoms with Crippen molar-refractivity contribution in [3.05, 3.63) is 52.9 Å². The minimum atomic E-state index is -1.89. The standard InChI is InChI=1S/C23H30N4O5S/c1-26(2)12-10-24-21(30)16-7-3-6-15(14-16)17-8-4-11-27(17)23(32)20(29)19(28)22(31)25-18-9-5-13-33-18/h3,5-7,9,13-14,17,19-20,28-29H,4,8,10-12H2,1-2H3,(H,24,30)(H,25,31)/t17?,19-,20-/m1/s1. The second-order valence-electron chi connectivity index (χ2n) is 8.23. The number of likely N-dealkylation sites (tertiary alicyclic amines) is 1. The monoisotopic (exact) mass is 474 g/mol. The average Bonchev–Trinajstić information content (AvgIpc) is 3.49. The van der Waals surface area contributed by atoms with Crippen LogP contribution in [-0.4, -0.2) is 83.7 Å². The molecule has 9 nitrogen and oxygen atoms in total. The van der Waals surface area contributed by atoms with Gasteiger partial charge in [0.05, 0.1) is 11.0 Å². The number of carbonyl (C=O) groups is 3. The Morgan fingerprint density at radius 2 is 1.97 bits per heavy atom. The molecule has 0 saturated carbocycles. The maximum atomic E-state index is 13.0. The number of nitrogens with one attached hydrogen (secondary N) is 2. The van der Waals surface area contributed by atoms with Gasteiger partial charge in [0.25, 0.3) is 17.7 Å². The first-order valence-electron chi connectivity index (χ1n) is 10.8. The van der Waals surface area contributed by atoms with Crippen molar-refractivity contribution in [3.63, 3.8) is 0 Å². The number of amides is 3. The third kappa shape index (κ3) is 6.38. The zero-order valence-corrected chi connectivity index (χ0v) is 19.5. The van der Waals surface area contributed by atoms with Crippen molar-refractivity contribution in [3.8, 4) is 0 Å². The summed E-state index contributed by atoms with van der Waals surface area (Å²) >= 11 is 1.27. The highest BCUT2D eigenvalue weighted by Gasteiger charge is 2.38. The van der Waals surface area contributed by atoms with E-state index in [-0.39, 0.29) is 11.9 Å². The highest BCUT2D eigenvalue weighted by Crippen LogP contribution is 2.33. The lowest BCUT2D eigenvalue weighted by molar-refractivity contribution is -0.152. The molecule has 3 amide bonds. The van der Waals surface area contributed by atoms with Crippen LogP contribution in [0.3, 0.4) is 0 Å². The summed E-state index contributed by atoms with van der Waals surface area (Å²) < 4.78 is 0. The molecule has 1 unspecified atom stereocenters. The van der Waals surface area contributed by atoms with Gasteiger partial charge in [-0.25, -0.2) is 0 Å². The molecule has 0 radical (unpaired) electrons. The summed E-state index contributed by atoms with van der Waals surface area (Å²) in [5.74, 6) is -1.76. The normalized spacial score (nSPS) is 17.6. The van der Waals surface area contributed by atoms with Gasteiger partial charge in [-0.15, -0.1) is 11.3 Å². The molecule has 3 rings (SSSR count). The Bertz CT molecular complexity index is 966. The molecular formula is C23H30N4O5S. The van der Waals surface area contributed by atoms with Crippen molar-refractivity contribution < 1.29 is 24.6 Å². The quantitative estimate of drug-likeness (QED) is 0.431. The lowest BCUT2D eigenvalue weighted by atomic mass is 10.0. The number of hydrogen-bond donors (Lipinski definition) is 4. The van der Waals surface area contributed by atoms with Crippen LogP contribution in [0.25, 0.3) is 0 Å². The topological polar surface area (TPSA) is 122 Å². The summed E-state index contributed by atoms with van der Waals surface area (Å²) in [4.78, 5) is 41.1. The zero-order chi connectivity index (χ0) is 24.0. The van der Waals surface area contributed by atoms with Gasteiger partial charge >= 0.3 is 0 Å². The predicted octanol–water partition coefficient (Wildman–Crippen LogP) is 1.06. The Hall–Kier alpha value is -2.79. The van der Waals surface area contributed by atoms with Crippen molar-refractivity contribution in [1.82, 2.24) is 15.1 Å². The maximum Gasteiger partial charge on any atom is 0.257 e. The zero-order valence-electron chi connectivity index (χ0n) is 18.7. The second-order valence-corrected chi connectivity index (χ2v) is 9.18. The third-order valence-electron chi connectivity index (χ3n) is 5.50. The van der Waals surface area contributed by atoms with Gasteiger partial charge in [-0.05, 0) is 62.1 Å². The SMILES string of the molecule is CN(C)CCNC(=O)c1cccc(C2CCCN2C(=O)[C@H](O)[C@@H](O)C(=O)Nc2cccs2)c1. The van der Waals surface area contributed by atoms with Crippen LogP contribution in [0, 0.1) is 0 Å². The van der Waals surface area contributed by atoms with E-state index in [1.54, 1.807) is 35.7 Å². The Kier molecular flexibility index (Phi) is 8.56. The van der Waals surface area contributed by atoms with Gasteiger partial charge in [-0.1, -0.05) is 12.1 Å². The highest BCUT2D eigenvalue weighted by atomic mass is 32.1. The molecule has 4 N–H and O–H groups in total. The first-order chi connectivity index (χ1) is 15.8. The molecule has 1 fully saturated rings. The Morgan fingerprint density at radius 1 is 1.18 bits per heavy atom. The molecule has 3 atom stereocenters. The number of rotatable bonds is 9. The fraction of sp³-hybridized carbons (Fsp3) is 0.435. The lowest BCUT2D eigenvalue weighted by Crippen LogP contribution is -2.48. The van der Waals surface area contributed by atoms with Gasteiger partial charge in [0.2, 0.25) is 0 Å². The molecule has 1 aliphatic rings. The van der Waals surface area contributed by atoms with E-state index in [1.807, 2.05) is 25.1 Å². The summed E-state index contributed by atoms with van der Waals surface area (Å²) in [6.07, 6.45) is -2.42. The first kappa shape index (κ1) is 24.8. The number of hydrogen-bond acceptors (Lipinski definition) is 7. The predicted molar refractivity (Wildman–Crippen MR) is 126 cm³/mol. The van der Waals surface area contributed by atoms with Crippen LogP contribution in [0.2, 0.25) is 0 Å². The van der Waals surface area contributed by atoms with Crippen LogP contribution >= 0.6 is 11.3 Å². The van der Waals surface area contributed by atoms with Crippen molar-refractivity contribution in [2.75, 3.05) is 39.0 Å². The van der Waals surface area contributed by atoms with Gasteiger partial charge in [-0.3, -0.25) is 14.4 Å². The fourth-order valence-corrected chi connectivity index (χ4v) is 4.37. The van der Waals surface area contributed by atoms with Crippen molar-refractivity contribution >= 4 is 34.1 Å². The van der Waals surface area contributed by atoms with Gasteiger partial charge in [0, 0.05) is 25.2 Å². The summed E-state index contributed by atoms with van der Waals surface area (Å²) in [5, 5.41) is 28.3. The van der Waals surface area contributed by atoms with Crippen molar-refractivity contribution in [1.29, 1.82) is 0 Å². The molecule has 1 aromatic heterocycles. The molecule has 1 saturated heterocycles. The summed E-state index contributed by atoms with van der Waals surface area (Å²) in [6, 6.07) is 10.1. The Balaban J connectivity index is 1.66. The number of thiophene rings is 1. The number of nitrogens with zero attached hydrogens (tertiary/aromatic N) is 2. The van der Waals surface area contributed by atoms with Crippen LogP contribution in [0.15, 0.2) is 41.8 Å². The minimum Gasteiger partial charge on any atom is -0.380 e. The van der Waals surface area contributed by atoms with E-state index in [0.29, 0.717) is 36.5 Å². The molecule has 1 aliphatic heterocycles. The second kappa shape index (κ2) is 11.4.